The quantitative estimate of drug-likeness (QED) is 0.569. The lowest BCUT2D eigenvalue weighted by molar-refractivity contribution is -0.140. The van der Waals surface area contributed by atoms with Gasteiger partial charge in [0.1, 0.15) is 6.04 Å². The fourth-order valence-corrected chi connectivity index (χ4v) is 2.68. The molecular weight excluding hydrogens is 272 g/mol. The Morgan fingerprint density at radius 2 is 1.95 bits per heavy atom. The topological polar surface area (TPSA) is 87.7 Å². The molecule has 0 bridgehead atoms. The molecule has 1 unspecified atom stereocenters. The fourth-order valence-electron chi connectivity index (χ4n) is 2.68. The number of hydrogen-bond acceptors (Lipinski definition) is 4. The molecular formula is C15H28N2O4. The van der Waals surface area contributed by atoms with E-state index < -0.39 is 18.1 Å². The molecule has 1 atom stereocenters. The second-order valence-electron chi connectivity index (χ2n) is 5.54. The molecule has 0 aromatic carbocycles. The van der Waals surface area contributed by atoms with Gasteiger partial charge in [0.2, 0.25) is 0 Å². The Morgan fingerprint density at radius 1 is 1.24 bits per heavy atom. The summed E-state index contributed by atoms with van der Waals surface area (Å²) in [5.41, 5.74) is 0. The van der Waals surface area contributed by atoms with Crippen LogP contribution in [0.25, 0.3) is 0 Å². The molecule has 0 radical (unpaired) electrons. The van der Waals surface area contributed by atoms with Crippen molar-refractivity contribution in [3.63, 3.8) is 0 Å². The highest BCUT2D eigenvalue weighted by molar-refractivity contribution is 5.73. The molecule has 21 heavy (non-hydrogen) atoms. The first kappa shape index (κ1) is 17.8. The number of unbranched alkanes of at least 4 members (excludes halogenated alkanes) is 1. The van der Waals surface area contributed by atoms with Crippen LogP contribution in [-0.4, -0.2) is 42.4 Å². The molecule has 0 heterocycles. The van der Waals surface area contributed by atoms with Crippen molar-refractivity contribution in [2.45, 2.75) is 70.4 Å². The van der Waals surface area contributed by atoms with Crippen LogP contribution in [0.1, 0.15) is 58.3 Å². The summed E-state index contributed by atoms with van der Waals surface area (Å²) in [6, 6.07) is -0.131. The number of alkyl carbamates (subject to hydrolysis) is 1. The number of amides is 1. The third-order valence-corrected chi connectivity index (χ3v) is 3.80. The van der Waals surface area contributed by atoms with E-state index in [4.69, 9.17) is 4.74 Å². The molecule has 0 aliphatic heterocycles. The van der Waals surface area contributed by atoms with Gasteiger partial charge in [0.15, 0.2) is 0 Å². The molecule has 1 aliphatic rings. The molecule has 122 valence electrons. The first-order chi connectivity index (χ1) is 10.1. The van der Waals surface area contributed by atoms with E-state index >= 15 is 0 Å². The zero-order valence-electron chi connectivity index (χ0n) is 12.9. The Balaban J connectivity index is 2.16. The minimum absolute atomic E-state index is 0.345. The first-order valence-corrected chi connectivity index (χ1v) is 8.03. The van der Waals surface area contributed by atoms with Crippen molar-refractivity contribution in [2.75, 3.05) is 13.2 Å². The summed E-state index contributed by atoms with van der Waals surface area (Å²) < 4.78 is 4.75. The molecule has 1 fully saturated rings. The molecule has 6 nitrogen and oxygen atoms in total. The molecule has 0 aromatic heterocycles. The van der Waals surface area contributed by atoms with Crippen molar-refractivity contribution in [3.05, 3.63) is 0 Å². The molecule has 1 rings (SSSR count). The first-order valence-electron chi connectivity index (χ1n) is 8.03. The van der Waals surface area contributed by atoms with Crippen LogP contribution in [0, 0.1) is 0 Å². The normalized spacial score (nSPS) is 17.2. The van der Waals surface area contributed by atoms with Gasteiger partial charge in [0.25, 0.3) is 0 Å². The predicted molar refractivity (Wildman–Crippen MR) is 80.3 cm³/mol. The van der Waals surface area contributed by atoms with Crippen LogP contribution in [0.5, 0.6) is 0 Å². The van der Waals surface area contributed by atoms with Crippen molar-refractivity contribution in [3.8, 4) is 0 Å². The summed E-state index contributed by atoms with van der Waals surface area (Å²) in [6.07, 6.45) is 7.50. The van der Waals surface area contributed by atoms with Gasteiger partial charge in [-0.3, -0.25) is 4.79 Å². The number of carbonyl (C=O) groups excluding carboxylic acids is 1. The van der Waals surface area contributed by atoms with Crippen LogP contribution in [0.15, 0.2) is 0 Å². The second kappa shape index (κ2) is 10.4. The van der Waals surface area contributed by atoms with Gasteiger partial charge < -0.3 is 20.5 Å². The van der Waals surface area contributed by atoms with Gasteiger partial charge in [-0.15, -0.1) is 0 Å². The lowest BCUT2D eigenvalue weighted by Gasteiger charge is -2.26. The van der Waals surface area contributed by atoms with E-state index in [9.17, 15) is 14.7 Å². The zero-order valence-corrected chi connectivity index (χ0v) is 12.9. The Morgan fingerprint density at radius 3 is 2.57 bits per heavy atom. The Kier molecular flexibility index (Phi) is 8.82. The van der Waals surface area contributed by atoms with E-state index in [1.807, 2.05) is 0 Å². The summed E-state index contributed by atoms with van der Waals surface area (Å²) in [5, 5.41) is 15.2. The molecule has 3 N–H and O–H groups in total. The lowest BCUT2D eigenvalue weighted by Crippen LogP contribution is -2.44. The zero-order chi connectivity index (χ0) is 15.5. The van der Waals surface area contributed by atoms with Gasteiger partial charge in [-0.05, 0) is 39.0 Å². The van der Waals surface area contributed by atoms with Crippen molar-refractivity contribution >= 4 is 12.1 Å². The van der Waals surface area contributed by atoms with Gasteiger partial charge in [-0.2, -0.15) is 0 Å². The maximum Gasteiger partial charge on any atom is 0.407 e. The van der Waals surface area contributed by atoms with Crippen LogP contribution in [-0.2, 0) is 9.53 Å². The summed E-state index contributed by atoms with van der Waals surface area (Å²) in [7, 11) is 0. The van der Waals surface area contributed by atoms with Crippen LogP contribution in [0.2, 0.25) is 0 Å². The van der Waals surface area contributed by atoms with Crippen LogP contribution >= 0.6 is 0 Å². The van der Waals surface area contributed by atoms with Crippen LogP contribution in [0.4, 0.5) is 4.79 Å². The van der Waals surface area contributed by atoms with E-state index in [-0.39, 0.29) is 0 Å². The van der Waals surface area contributed by atoms with Crippen LogP contribution in [0.3, 0.4) is 0 Å². The Bertz CT molecular complexity index is 317. The molecule has 0 spiro atoms. The van der Waals surface area contributed by atoms with Crippen LogP contribution < -0.4 is 10.6 Å². The molecule has 1 aliphatic carbocycles. The standard InChI is InChI=1S/C15H28N2O4/c1-2-21-15(20)16-11-7-6-10-13(14(18)19)17-12-8-4-3-5-9-12/h12-13,17H,2-11H2,1H3,(H,16,20)(H,18,19). The minimum Gasteiger partial charge on any atom is -0.480 e. The number of hydrogen-bond donors (Lipinski definition) is 3. The van der Waals surface area contributed by atoms with Crippen molar-refractivity contribution in [2.24, 2.45) is 0 Å². The third-order valence-electron chi connectivity index (χ3n) is 3.80. The van der Waals surface area contributed by atoms with Gasteiger partial charge in [-0.1, -0.05) is 19.3 Å². The van der Waals surface area contributed by atoms with Gasteiger partial charge in [0, 0.05) is 12.6 Å². The van der Waals surface area contributed by atoms with Gasteiger partial charge >= 0.3 is 12.1 Å². The van der Waals surface area contributed by atoms with E-state index in [1.54, 1.807) is 6.92 Å². The Hall–Kier alpha value is -1.30. The number of carboxylic acids is 1. The summed E-state index contributed by atoms with van der Waals surface area (Å²) in [6.45, 7) is 2.64. The van der Waals surface area contributed by atoms with Gasteiger partial charge in [0.05, 0.1) is 6.61 Å². The summed E-state index contributed by atoms with van der Waals surface area (Å²) >= 11 is 0. The molecule has 0 aromatic rings. The third kappa shape index (κ3) is 7.90. The highest BCUT2D eigenvalue weighted by Crippen LogP contribution is 2.18. The molecule has 6 heteroatoms. The molecule has 1 saturated carbocycles. The number of rotatable bonds is 9. The van der Waals surface area contributed by atoms with Gasteiger partial charge in [-0.25, -0.2) is 4.79 Å². The fraction of sp³-hybridized carbons (Fsp3) is 0.867. The largest absolute Gasteiger partial charge is 0.480 e. The molecule has 1 amide bonds. The average Bonchev–Trinajstić information content (AvgIpc) is 2.47. The smallest absolute Gasteiger partial charge is 0.407 e. The minimum atomic E-state index is -0.779. The monoisotopic (exact) mass is 300 g/mol. The number of carbonyl (C=O) groups is 2. The Labute approximate surface area is 126 Å². The van der Waals surface area contributed by atoms with Crippen molar-refractivity contribution in [1.82, 2.24) is 10.6 Å². The second-order valence-corrected chi connectivity index (χ2v) is 5.54. The maximum absolute atomic E-state index is 11.3. The molecule has 0 saturated heterocycles. The van der Waals surface area contributed by atoms with E-state index in [1.165, 1.54) is 19.3 Å². The number of carboxylic acid groups (broad SMARTS) is 1. The van der Waals surface area contributed by atoms with E-state index in [2.05, 4.69) is 10.6 Å². The average molecular weight is 300 g/mol. The summed E-state index contributed by atoms with van der Waals surface area (Å²) in [4.78, 5) is 22.3. The number of ether oxygens (including phenoxy) is 1. The number of aliphatic carboxylic acids is 1. The maximum atomic E-state index is 11.3. The lowest BCUT2D eigenvalue weighted by atomic mass is 9.94. The van der Waals surface area contributed by atoms with Crippen molar-refractivity contribution in [1.29, 1.82) is 0 Å². The van der Waals surface area contributed by atoms with E-state index in [0.717, 1.165) is 25.7 Å². The highest BCUT2D eigenvalue weighted by Gasteiger charge is 2.22. The SMILES string of the molecule is CCOC(=O)NCCCCC(NC1CCCCC1)C(=O)O. The summed E-state index contributed by atoms with van der Waals surface area (Å²) in [5.74, 6) is -0.779. The number of nitrogens with one attached hydrogen (secondary N) is 2. The highest BCUT2D eigenvalue weighted by atomic mass is 16.5. The van der Waals surface area contributed by atoms with Crippen molar-refractivity contribution < 1.29 is 19.4 Å². The van der Waals surface area contributed by atoms with E-state index in [0.29, 0.717) is 25.6 Å². The predicted octanol–water partition coefficient (Wildman–Crippen LogP) is 2.28.